The van der Waals surface area contributed by atoms with Gasteiger partial charge in [-0.2, -0.15) is 11.8 Å². The molecule has 154 valence electrons. The Bertz CT molecular complexity index is 591. The number of nitrogens with zero attached hydrogens (tertiary/aromatic N) is 4. The highest BCUT2D eigenvalue weighted by atomic mass is 127. The number of rotatable bonds is 6. The number of aliphatic imine (C=N–C) groups is 1. The van der Waals surface area contributed by atoms with Gasteiger partial charge in [-0.25, -0.2) is 0 Å². The Hall–Kier alpha value is -0.410. The molecular formula is C20H36IN5S. The van der Waals surface area contributed by atoms with Crippen LogP contribution in [0, 0.1) is 0 Å². The molecule has 0 amide bonds. The van der Waals surface area contributed by atoms with Crippen LogP contribution in [0.5, 0.6) is 0 Å². The fourth-order valence-electron chi connectivity index (χ4n) is 4.32. The van der Waals surface area contributed by atoms with Gasteiger partial charge in [0.15, 0.2) is 5.96 Å². The van der Waals surface area contributed by atoms with Crippen LogP contribution in [0.3, 0.4) is 0 Å². The quantitative estimate of drug-likeness (QED) is 0.365. The Balaban J connectivity index is 0.00000261. The van der Waals surface area contributed by atoms with Crippen molar-refractivity contribution in [2.75, 3.05) is 44.7 Å². The summed E-state index contributed by atoms with van der Waals surface area (Å²) >= 11 is 2.10. The van der Waals surface area contributed by atoms with Crippen molar-refractivity contribution in [1.82, 2.24) is 19.7 Å². The summed E-state index contributed by atoms with van der Waals surface area (Å²) in [5, 5.41) is 3.50. The predicted molar refractivity (Wildman–Crippen MR) is 128 cm³/mol. The summed E-state index contributed by atoms with van der Waals surface area (Å²) in [6, 6.07) is 4.29. The molecular weight excluding hydrogens is 469 g/mol. The lowest BCUT2D eigenvalue weighted by molar-refractivity contribution is 0.112. The van der Waals surface area contributed by atoms with Crippen LogP contribution in [-0.2, 0) is 13.6 Å². The zero-order chi connectivity index (χ0) is 18.4. The SMILES string of the molecule is CCNC(=NCC1(N2CCSCC2)CCCC1)N(C)Cc1cccn1C.I. The normalized spacial score (nSPS) is 20.3. The first-order valence-corrected chi connectivity index (χ1v) is 11.2. The summed E-state index contributed by atoms with van der Waals surface area (Å²) < 4.78 is 2.18. The van der Waals surface area contributed by atoms with Crippen molar-refractivity contribution in [3.8, 4) is 0 Å². The monoisotopic (exact) mass is 505 g/mol. The van der Waals surface area contributed by atoms with Gasteiger partial charge in [-0.15, -0.1) is 24.0 Å². The van der Waals surface area contributed by atoms with Crippen LogP contribution in [0.2, 0.25) is 0 Å². The third-order valence-electron chi connectivity index (χ3n) is 5.89. The van der Waals surface area contributed by atoms with E-state index in [0.717, 1.165) is 25.6 Å². The van der Waals surface area contributed by atoms with E-state index in [1.807, 2.05) is 0 Å². The minimum Gasteiger partial charge on any atom is -0.357 e. The van der Waals surface area contributed by atoms with Crippen molar-refractivity contribution < 1.29 is 0 Å². The molecule has 2 fully saturated rings. The number of thioether (sulfide) groups is 1. The fraction of sp³-hybridized carbons (Fsp3) is 0.750. The Morgan fingerprint density at radius 3 is 2.59 bits per heavy atom. The zero-order valence-corrected chi connectivity index (χ0v) is 20.3. The molecule has 1 N–H and O–H groups in total. The number of nitrogens with one attached hydrogen (secondary N) is 1. The molecule has 7 heteroatoms. The Morgan fingerprint density at radius 2 is 2.00 bits per heavy atom. The first-order valence-electron chi connectivity index (χ1n) is 10.1. The first kappa shape index (κ1) is 22.9. The van der Waals surface area contributed by atoms with E-state index in [2.05, 4.69) is 70.8 Å². The molecule has 2 aliphatic rings. The average Bonchev–Trinajstić information content (AvgIpc) is 3.30. The van der Waals surface area contributed by atoms with Gasteiger partial charge >= 0.3 is 0 Å². The molecule has 1 aliphatic carbocycles. The standard InChI is InChI=1S/C20H35N5S.HI/c1-4-21-19(24(3)16-18-8-7-11-23(18)2)22-17-20(9-5-6-10-20)25-12-14-26-15-13-25;/h7-8,11H,4-6,9-10,12-17H2,1-3H3,(H,21,22);1H. The average molecular weight is 506 g/mol. The van der Waals surface area contributed by atoms with Crippen molar-refractivity contribution in [3.05, 3.63) is 24.0 Å². The van der Waals surface area contributed by atoms with Crippen molar-refractivity contribution >= 4 is 41.7 Å². The van der Waals surface area contributed by atoms with Gasteiger partial charge in [0.05, 0.1) is 13.1 Å². The highest BCUT2D eigenvalue weighted by Gasteiger charge is 2.40. The third kappa shape index (κ3) is 5.79. The molecule has 5 nitrogen and oxygen atoms in total. The van der Waals surface area contributed by atoms with Crippen LogP contribution in [-0.4, -0.2) is 70.6 Å². The molecule has 1 aromatic rings. The van der Waals surface area contributed by atoms with Crippen molar-refractivity contribution in [1.29, 1.82) is 0 Å². The minimum absolute atomic E-state index is 0. The van der Waals surface area contributed by atoms with Crippen LogP contribution >= 0.6 is 35.7 Å². The van der Waals surface area contributed by atoms with E-state index in [1.165, 1.54) is 56.0 Å². The highest BCUT2D eigenvalue weighted by Crippen LogP contribution is 2.37. The van der Waals surface area contributed by atoms with E-state index in [1.54, 1.807) is 0 Å². The molecule has 0 radical (unpaired) electrons. The van der Waals surface area contributed by atoms with E-state index in [9.17, 15) is 0 Å². The van der Waals surface area contributed by atoms with Crippen molar-refractivity contribution in [2.24, 2.45) is 12.0 Å². The van der Waals surface area contributed by atoms with Crippen molar-refractivity contribution in [2.45, 2.75) is 44.7 Å². The second kappa shape index (κ2) is 11.0. The molecule has 0 aromatic carbocycles. The smallest absolute Gasteiger partial charge is 0.194 e. The Kier molecular flexibility index (Phi) is 9.28. The van der Waals surface area contributed by atoms with Gasteiger partial charge < -0.3 is 14.8 Å². The van der Waals surface area contributed by atoms with E-state index in [0.29, 0.717) is 5.54 Å². The summed E-state index contributed by atoms with van der Waals surface area (Å²) in [4.78, 5) is 10.1. The molecule has 0 bridgehead atoms. The minimum atomic E-state index is 0. The number of hydrogen-bond acceptors (Lipinski definition) is 3. The van der Waals surface area contributed by atoms with Crippen LogP contribution in [0.4, 0.5) is 0 Å². The number of aryl methyl sites for hydroxylation is 1. The maximum atomic E-state index is 5.13. The lowest BCUT2D eigenvalue weighted by Gasteiger charge is -2.42. The second-order valence-corrected chi connectivity index (χ2v) is 8.89. The van der Waals surface area contributed by atoms with Crippen LogP contribution in [0.25, 0.3) is 0 Å². The maximum Gasteiger partial charge on any atom is 0.194 e. The topological polar surface area (TPSA) is 35.8 Å². The molecule has 0 spiro atoms. The summed E-state index contributed by atoms with van der Waals surface area (Å²) in [6.07, 6.45) is 7.43. The lowest BCUT2D eigenvalue weighted by Crippen LogP contribution is -2.53. The van der Waals surface area contributed by atoms with Crippen LogP contribution in [0.15, 0.2) is 23.3 Å². The highest BCUT2D eigenvalue weighted by molar-refractivity contribution is 14.0. The molecule has 27 heavy (non-hydrogen) atoms. The first-order chi connectivity index (χ1) is 12.6. The Morgan fingerprint density at radius 1 is 1.30 bits per heavy atom. The van der Waals surface area contributed by atoms with E-state index >= 15 is 0 Å². The van der Waals surface area contributed by atoms with Crippen LogP contribution in [0.1, 0.15) is 38.3 Å². The molecule has 1 aliphatic heterocycles. The van der Waals surface area contributed by atoms with Gasteiger partial charge in [0, 0.05) is 62.7 Å². The van der Waals surface area contributed by atoms with Crippen molar-refractivity contribution in [3.63, 3.8) is 0 Å². The summed E-state index contributed by atoms with van der Waals surface area (Å²) in [5.41, 5.74) is 1.61. The van der Waals surface area contributed by atoms with Gasteiger partial charge in [-0.05, 0) is 31.9 Å². The molecule has 2 heterocycles. The van der Waals surface area contributed by atoms with Gasteiger partial charge in [0.1, 0.15) is 0 Å². The molecule has 3 rings (SSSR count). The number of aromatic nitrogens is 1. The molecule has 1 saturated heterocycles. The summed E-state index contributed by atoms with van der Waals surface area (Å²) in [6.45, 7) is 7.33. The Labute approximate surface area is 186 Å². The number of hydrogen-bond donors (Lipinski definition) is 1. The molecule has 0 unspecified atom stereocenters. The predicted octanol–water partition coefficient (Wildman–Crippen LogP) is 3.40. The number of guanidine groups is 1. The second-order valence-electron chi connectivity index (χ2n) is 7.67. The van der Waals surface area contributed by atoms with E-state index in [-0.39, 0.29) is 24.0 Å². The zero-order valence-electron chi connectivity index (χ0n) is 17.1. The fourth-order valence-corrected chi connectivity index (χ4v) is 5.22. The van der Waals surface area contributed by atoms with Crippen LogP contribution < -0.4 is 5.32 Å². The largest absolute Gasteiger partial charge is 0.357 e. The molecule has 1 saturated carbocycles. The van der Waals surface area contributed by atoms with Gasteiger partial charge in [-0.3, -0.25) is 9.89 Å². The van der Waals surface area contributed by atoms with Gasteiger partial charge in [0.2, 0.25) is 0 Å². The lowest BCUT2D eigenvalue weighted by atomic mass is 9.95. The van der Waals surface area contributed by atoms with E-state index < -0.39 is 0 Å². The number of halogens is 1. The molecule has 0 atom stereocenters. The van der Waals surface area contributed by atoms with Gasteiger partial charge in [-0.1, -0.05) is 12.8 Å². The third-order valence-corrected chi connectivity index (χ3v) is 6.83. The van der Waals surface area contributed by atoms with E-state index in [4.69, 9.17) is 4.99 Å². The molecule has 1 aromatic heterocycles. The summed E-state index contributed by atoms with van der Waals surface area (Å²) in [7, 11) is 4.25. The summed E-state index contributed by atoms with van der Waals surface area (Å²) in [5.74, 6) is 3.59. The maximum absolute atomic E-state index is 5.13. The van der Waals surface area contributed by atoms with Gasteiger partial charge in [0.25, 0.3) is 0 Å².